The number of aromatic nitrogens is 3. The van der Waals surface area contributed by atoms with E-state index in [4.69, 9.17) is 0 Å². The maximum Gasteiger partial charge on any atom is 0.241 e. The van der Waals surface area contributed by atoms with Crippen molar-refractivity contribution in [2.24, 2.45) is 12.0 Å². The van der Waals surface area contributed by atoms with E-state index in [0.717, 1.165) is 18.1 Å². The van der Waals surface area contributed by atoms with Crippen LogP contribution in [0.15, 0.2) is 46.5 Å². The molecule has 0 aliphatic rings. The van der Waals surface area contributed by atoms with Crippen LogP contribution in [0.5, 0.6) is 0 Å². The molecule has 2 aromatic rings. The second kappa shape index (κ2) is 10.4. The number of amides is 1. The second-order valence-electron chi connectivity index (χ2n) is 5.69. The third-order valence-corrected chi connectivity index (χ3v) is 4.51. The fraction of sp³-hybridized carbons (Fsp3) is 0.412. The molecule has 2 rings (SSSR count). The summed E-state index contributed by atoms with van der Waals surface area (Å²) < 4.78 is 1.68. The van der Waals surface area contributed by atoms with E-state index < -0.39 is 0 Å². The topological polar surface area (TPSA) is 87.4 Å². The number of hydrogen-bond acceptors (Lipinski definition) is 5. The molecule has 2 N–H and O–H groups in total. The van der Waals surface area contributed by atoms with Gasteiger partial charge >= 0.3 is 0 Å². The average Bonchev–Trinajstić information content (AvgIpc) is 3.05. The molecule has 0 fully saturated rings. The number of hydrogen-bond donors (Lipinski definition) is 2. The first kappa shape index (κ1) is 19.8. The predicted octanol–water partition coefficient (Wildman–Crippen LogP) is 0.731. The van der Waals surface area contributed by atoms with Crippen LogP contribution < -0.4 is 10.6 Å². The summed E-state index contributed by atoms with van der Waals surface area (Å²) >= 11 is 1.76. The molecule has 1 heterocycles. The number of benzene rings is 1. The lowest BCUT2D eigenvalue weighted by Crippen LogP contribution is -2.43. The highest BCUT2D eigenvalue weighted by atomic mass is 32.2. The van der Waals surface area contributed by atoms with Gasteiger partial charge in [-0.05, 0) is 12.1 Å². The molecule has 1 aromatic carbocycles. The number of aryl methyl sites for hydroxylation is 1. The molecule has 0 bridgehead atoms. The molecule has 140 valence electrons. The van der Waals surface area contributed by atoms with Gasteiger partial charge in [0.25, 0.3) is 0 Å². The van der Waals surface area contributed by atoms with Crippen LogP contribution in [-0.4, -0.2) is 64.5 Å². The van der Waals surface area contributed by atoms with Gasteiger partial charge in [0, 0.05) is 38.3 Å². The molecule has 0 spiro atoms. The Kier molecular flexibility index (Phi) is 7.94. The van der Waals surface area contributed by atoms with Crippen LogP contribution in [0.1, 0.15) is 5.82 Å². The Morgan fingerprint density at radius 2 is 2.04 bits per heavy atom. The Hall–Kier alpha value is -2.55. The van der Waals surface area contributed by atoms with Gasteiger partial charge in [-0.1, -0.05) is 18.2 Å². The van der Waals surface area contributed by atoms with E-state index in [1.165, 1.54) is 11.2 Å². The monoisotopic (exact) mass is 375 g/mol. The first-order chi connectivity index (χ1) is 12.6. The highest BCUT2D eigenvalue weighted by molar-refractivity contribution is 7.99. The van der Waals surface area contributed by atoms with Crippen molar-refractivity contribution < 1.29 is 4.79 Å². The maximum atomic E-state index is 11.8. The van der Waals surface area contributed by atoms with Crippen LogP contribution >= 0.6 is 11.8 Å². The summed E-state index contributed by atoms with van der Waals surface area (Å²) in [7, 11) is 5.28. The number of nitrogens with one attached hydrogen (secondary N) is 2. The molecule has 0 aliphatic carbocycles. The highest BCUT2D eigenvalue weighted by Crippen LogP contribution is 2.15. The molecule has 1 amide bonds. The van der Waals surface area contributed by atoms with Gasteiger partial charge in [-0.2, -0.15) is 5.10 Å². The first-order valence-corrected chi connectivity index (χ1v) is 9.28. The summed E-state index contributed by atoms with van der Waals surface area (Å²) in [4.78, 5) is 23.2. The highest BCUT2D eigenvalue weighted by Gasteiger charge is 2.07. The van der Waals surface area contributed by atoms with Crippen LogP contribution in [0.4, 0.5) is 0 Å². The van der Waals surface area contributed by atoms with Gasteiger partial charge in [0.05, 0.1) is 6.54 Å². The summed E-state index contributed by atoms with van der Waals surface area (Å²) in [5.74, 6) is 2.20. The normalized spacial score (nSPS) is 11.3. The lowest BCUT2D eigenvalue weighted by atomic mass is 10.4. The van der Waals surface area contributed by atoms with Crippen LogP contribution in [0.25, 0.3) is 0 Å². The fourth-order valence-corrected chi connectivity index (χ4v) is 2.75. The van der Waals surface area contributed by atoms with Crippen LogP contribution in [0, 0.1) is 0 Å². The summed E-state index contributed by atoms with van der Waals surface area (Å²) in [5, 5.41) is 10.4. The third-order valence-electron chi connectivity index (χ3n) is 3.50. The molecular weight excluding hydrogens is 350 g/mol. The van der Waals surface area contributed by atoms with Gasteiger partial charge in [0.1, 0.15) is 18.7 Å². The summed E-state index contributed by atoms with van der Waals surface area (Å²) in [6.07, 6.45) is 1.50. The Balaban J connectivity index is 1.86. The van der Waals surface area contributed by atoms with E-state index in [1.54, 1.807) is 35.4 Å². The van der Waals surface area contributed by atoms with Crippen molar-refractivity contribution in [1.82, 2.24) is 30.3 Å². The Morgan fingerprint density at radius 1 is 1.27 bits per heavy atom. The number of likely N-dealkylation sites (N-methyl/N-ethyl adjacent to an activating group) is 1. The zero-order valence-corrected chi connectivity index (χ0v) is 16.2. The molecule has 0 saturated carbocycles. The Labute approximate surface area is 158 Å². The molecular formula is C17H25N7OS. The largest absolute Gasteiger partial charge is 0.356 e. The van der Waals surface area contributed by atoms with Crippen molar-refractivity contribution in [3.8, 4) is 0 Å². The van der Waals surface area contributed by atoms with Gasteiger partial charge in [-0.3, -0.25) is 9.48 Å². The zero-order chi connectivity index (χ0) is 18.8. The molecule has 0 atom stereocenters. The third kappa shape index (κ3) is 6.75. The summed E-state index contributed by atoms with van der Waals surface area (Å²) in [5.41, 5.74) is 0. The van der Waals surface area contributed by atoms with E-state index in [9.17, 15) is 4.79 Å². The van der Waals surface area contributed by atoms with E-state index in [1.807, 2.05) is 25.2 Å². The molecule has 0 unspecified atom stereocenters. The number of aliphatic imine (C=N–C) groups is 1. The van der Waals surface area contributed by atoms with Crippen molar-refractivity contribution in [3.63, 3.8) is 0 Å². The number of nitrogens with zero attached hydrogens (tertiary/aromatic N) is 5. The van der Waals surface area contributed by atoms with E-state index >= 15 is 0 Å². The quantitative estimate of drug-likeness (QED) is 0.306. The molecule has 0 aliphatic heterocycles. The standard InChI is InChI=1S/C17H25N7OS/c1-23(2)16(25)12-20-17(19-11-15-21-13-22-24(15)3)18-9-10-26-14-7-5-4-6-8-14/h4-8,13H,9-12H2,1-3H3,(H2,18,19,20). The van der Waals surface area contributed by atoms with E-state index in [-0.39, 0.29) is 12.5 Å². The van der Waals surface area contributed by atoms with Gasteiger partial charge in [0.2, 0.25) is 5.91 Å². The number of rotatable bonds is 8. The van der Waals surface area contributed by atoms with Gasteiger partial charge in [-0.25, -0.2) is 9.98 Å². The summed E-state index contributed by atoms with van der Waals surface area (Å²) in [6.45, 7) is 1.29. The van der Waals surface area contributed by atoms with Crippen molar-refractivity contribution in [3.05, 3.63) is 42.5 Å². The number of thioether (sulfide) groups is 1. The van der Waals surface area contributed by atoms with Crippen molar-refractivity contribution >= 4 is 23.6 Å². The SMILES string of the molecule is CN(C)C(=O)CNC(=NCc1ncnn1C)NCCSc1ccccc1. The molecule has 1 aromatic heterocycles. The molecule has 9 heteroatoms. The fourth-order valence-electron chi connectivity index (χ4n) is 1.96. The van der Waals surface area contributed by atoms with E-state index in [2.05, 4.69) is 37.8 Å². The minimum atomic E-state index is -0.0168. The molecule has 0 saturated heterocycles. The molecule has 8 nitrogen and oxygen atoms in total. The van der Waals surface area contributed by atoms with Gasteiger partial charge in [0.15, 0.2) is 5.96 Å². The van der Waals surface area contributed by atoms with Crippen LogP contribution in [0.3, 0.4) is 0 Å². The lowest BCUT2D eigenvalue weighted by Gasteiger charge is -2.15. The smallest absolute Gasteiger partial charge is 0.241 e. The van der Waals surface area contributed by atoms with Crippen molar-refractivity contribution in [2.45, 2.75) is 11.4 Å². The minimum absolute atomic E-state index is 0.0168. The Bertz CT molecular complexity index is 715. The predicted molar refractivity (Wildman–Crippen MR) is 104 cm³/mol. The van der Waals surface area contributed by atoms with Crippen molar-refractivity contribution in [1.29, 1.82) is 0 Å². The minimum Gasteiger partial charge on any atom is -0.356 e. The maximum absolute atomic E-state index is 11.8. The summed E-state index contributed by atoms with van der Waals surface area (Å²) in [6, 6.07) is 10.2. The molecule has 26 heavy (non-hydrogen) atoms. The Morgan fingerprint density at radius 3 is 2.69 bits per heavy atom. The van der Waals surface area contributed by atoms with Gasteiger partial charge < -0.3 is 15.5 Å². The van der Waals surface area contributed by atoms with Gasteiger partial charge in [-0.15, -0.1) is 11.8 Å². The van der Waals surface area contributed by atoms with Crippen molar-refractivity contribution in [2.75, 3.05) is 32.9 Å². The second-order valence-corrected chi connectivity index (χ2v) is 6.86. The van der Waals surface area contributed by atoms with E-state index in [0.29, 0.717) is 12.5 Å². The zero-order valence-electron chi connectivity index (χ0n) is 15.3. The number of guanidine groups is 1. The average molecular weight is 376 g/mol. The molecule has 0 radical (unpaired) electrons. The number of carbonyl (C=O) groups is 1. The van der Waals surface area contributed by atoms with Crippen LogP contribution in [-0.2, 0) is 18.4 Å². The first-order valence-electron chi connectivity index (χ1n) is 8.29. The number of carbonyl (C=O) groups excluding carboxylic acids is 1. The van der Waals surface area contributed by atoms with Crippen LogP contribution in [0.2, 0.25) is 0 Å². The lowest BCUT2D eigenvalue weighted by molar-refractivity contribution is -0.127.